The molecule has 0 aliphatic carbocycles. The van der Waals surface area contributed by atoms with Crippen molar-refractivity contribution >= 4 is 0 Å². The number of hydrogen-bond donors (Lipinski definition) is 2. The van der Waals surface area contributed by atoms with E-state index in [9.17, 15) is 5.26 Å². The normalized spacial score (nSPS) is 15.1. The Hall–Kier alpha value is -4.12. The zero-order valence-corrected chi connectivity index (χ0v) is 16.7. The van der Waals surface area contributed by atoms with Gasteiger partial charge < -0.3 is 24.7 Å². The Labute approximate surface area is 173 Å². The third-order valence-corrected chi connectivity index (χ3v) is 5.05. The molecule has 1 aromatic heterocycles. The Balaban J connectivity index is 1.98. The number of methoxy groups -OCH3 is 3. The van der Waals surface area contributed by atoms with Crippen LogP contribution in [0.15, 0.2) is 53.9 Å². The van der Waals surface area contributed by atoms with E-state index < -0.39 is 5.92 Å². The van der Waals surface area contributed by atoms with Crippen LogP contribution in [-0.4, -0.2) is 31.5 Å². The number of allylic oxidation sites excluding steroid dienone is 1. The summed E-state index contributed by atoms with van der Waals surface area (Å²) in [6, 6.07) is 15.1. The second kappa shape index (κ2) is 7.72. The number of nitriles is 1. The maximum atomic E-state index is 9.90. The monoisotopic (exact) mass is 404 g/mol. The number of hydrogen-bond acceptors (Lipinski definition) is 7. The number of nitrogens with zero attached hydrogens (tertiary/aromatic N) is 2. The van der Waals surface area contributed by atoms with Gasteiger partial charge in [-0.3, -0.25) is 5.10 Å². The molecule has 1 aliphatic rings. The molecule has 3 N–H and O–H groups in total. The van der Waals surface area contributed by atoms with Crippen molar-refractivity contribution in [1.29, 1.82) is 5.26 Å². The fraction of sp³-hybridized carbons (Fsp3) is 0.182. The van der Waals surface area contributed by atoms with Gasteiger partial charge in [0.15, 0.2) is 0 Å². The number of nitrogens with one attached hydrogen (secondary N) is 1. The van der Waals surface area contributed by atoms with Gasteiger partial charge in [-0.2, -0.15) is 5.26 Å². The molecular formula is C22H20N4O4. The molecule has 3 aromatic rings. The van der Waals surface area contributed by atoms with Gasteiger partial charge in [0.05, 0.1) is 38.5 Å². The molecule has 4 rings (SSSR count). The molecule has 152 valence electrons. The summed E-state index contributed by atoms with van der Waals surface area (Å²) in [4.78, 5) is 0. The van der Waals surface area contributed by atoms with Gasteiger partial charge in [-0.25, -0.2) is 0 Å². The summed E-state index contributed by atoms with van der Waals surface area (Å²) in [6.45, 7) is 0. The molecule has 8 heteroatoms. The van der Waals surface area contributed by atoms with E-state index in [2.05, 4.69) is 16.3 Å². The maximum Gasteiger partial charge on any atom is 0.244 e. The molecule has 0 amide bonds. The minimum Gasteiger partial charge on any atom is -0.497 e. The zero-order valence-electron chi connectivity index (χ0n) is 16.7. The molecule has 0 radical (unpaired) electrons. The molecule has 8 nitrogen and oxygen atoms in total. The van der Waals surface area contributed by atoms with Gasteiger partial charge >= 0.3 is 0 Å². The number of fused-ring (bicyclic) bond motifs is 1. The number of ether oxygens (including phenoxy) is 4. The van der Waals surface area contributed by atoms with Gasteiger partial charge in [0.1, 0.15) is 28.9 Å². The first-order valence-corrected chi connectivity index (χ1v) is 9.13. The molecule has 1 aliphatic heterocycles. The van der Waals surface area contributed by atoms with Crippen LogP contribution in [0.25, 0.3) is 11.3 Å². The molecule has 0 spiro atoms. The average molecular weight is 404 g/mol. The van der Waals surface area contributed by atoms with Crippen LogP contribution in [0.4, 0.5) is 0 Å². The molecule has 1 atom stereocenters. The van der Waals surface area contributed by atoms with Crippen molar-refractivity contribution in [1.82, 2.24) is 10.2 Å². The minimum atomic E-state index is -0.566. The highest BCUT2D eigenvalue weighted by Crippen LogP contribution is 2.48. The molecule has 30 heavy (non-hydrogen) atoms. The smallest absolute Gasteiger partial charge is 0.244 e. The number of H-pyrrole nitrogens is 1. The van der Waals surface area contributed by atoms with Crippen molar-refractivity contribution in [2.45, 2.75) is 5.92 Å². The van der Waals surface area contributed by atoms with Crippen LogP contribution in [0.5, 0.6) is 23.1 Å². The van der Waals surface area contributed by atoms with Gasteiger partial charge in [0, 0.05) is 11.1 Å². The van der Waals surface area contributed by atoms with Gasteiger partial charge in [0.25, 0.3) is 0 Å². The number of nitrogens with two attached hydrogens (primary N) is 1. The van der Waals surface area contributed by atoms with Gasteiger partial charge in [0.2, 0.25) is 11.8 Å². The Kier molecular flexibility index (Phi) is 4.94. The quantitative estimate of drug-likeness (QED) is 0.670. The molecule has 0 bridgehead atoms. The third kappa shape index (κ3) is 3.06. The fourth-order valence-electron chi connectivity index (χ4n) is 3.62. The van der Waals surface area contributed by atoms with Crippen molar-refractivity contribution in [3.05, 3.63) is 65.0 Å². The second-order valence-electron chi connectivity index (χ2n) is 6.58. The van der Waals surface area contributed by atoms with Gasteiger partial charge in [-0.05, 0) is 30.3 Å². The van der Waals surface area contributed by atoms with E-state index in [0.717, 1.165) is 5.56 Å². The van der Waals surface area contributed by atoms with E-state index in [1.807, 2.05) is 30.3 Å². The SMILES string of the molecule is COc1cccc(-c2[nH]nc3c2[C@@H](c2cc(OC)ccc2OC)C(C#N)=C(N)O3)c1. The average Bonchev–Trinajstić information content (AvgIpc) is 3.21. The fourth-order valence-corrected chi connectivity index (χ4v) is 3.62. The topological polar surface area (TPSA) is 115 Å². The van der Waals surface area contributed by atoms with E-state index in [1.165, 1.54) is 0 Å². The summed E-state index contributed by atoms with van der Waals surface area (Å²) < 4.78 is 22.0. The highest BCUT2D eigenvalue weighted by molar-refractivity contribution is 5.72. The lowest BCUT2D eigenvalue weighted by Crippen LogP contribution is -2.21. The standard InChI is InChI=1S/C22H20N4O4/c1-27-13-6-4-5-12(9-13)20-19-18(15-10-14(28-2)7-8-17(15)29-3)16(11-23)21(24)30-22(19)26-25-20/h4-10,18H,24H2,1-3H3,(H,25,26)/t18-/m0/s1. The predicted octanol–water partition coefficient (Wildman–Crippen LogP) is 3.32. The maximum absolute atomic E-state index is 9.90. The van der Waals surface area contributed by atoms with Crippen molar-refractivity contribution < 1.29 is 18.9 Å². The molecule has 2 heterocycles. The van der Waals surface area contributed by atoms with Crippen LogP contribution >= 0.6 is 0 Å². The second-order valence-corrected chi connectivity index (χ2v) is 6.58. The molecule has 0 unspecified atom stereocenters. The van der Waals surface area contributed by atoms with E-state index >= 15 is 0 Å². The van der Waals surface area contributed by atoms with Crippen LogP contribution in [0.2, 0.25) is 0 Å². The van der Waals surface area contributed by atoms with E-state index in [-0.39, 0.29) is 11.5 Å². The van der Waals surface area contributed by atoms with Crippen molar-refractivity contribution in [3.8, 4) is 40.5 Å². The number of aromatic nitrogens is 2. The summed E-state index contributed by atoms with van der Waals surface area (Å²) >= 11 is 0. The van der Waals surface area contributed by atoms with Crippen molar-refractivity contribution in [2.24, 2.45) is 5.73 Å². The van der Waals surface area contributed by atoms with Crippen LogP contribution in [0, 0.1) is 11.3 Å². The van der Waals surface area contributed by atoms with Crippen LogP contribution in [-0.2, 0) is 0 Å². The summed E-state index contributed by atoms with van der Waals surface area (Å²) in [5.41, 5.74) is 9.26. The first-order chi connectivity index (χ1) is 14.6. The summed E-state index contributed by atoms with van der Waals surface area (Å²) in [6.07, 6.45) is 0. The summed E-state index contributed by atoms with van der Waals surface area (Å²) in [7, 11) is 4.75. The Morgan fingerprint density at radius 3 is 2.53 bits per heavy atom. The van der Waals surface area contributed by atoms with Crippen LogP contribution < -0.4 is 24.7 Å². The Morgan fingerprint density at radius 1 is 1.07 bits per heavy atom. The van der Waals surface area contributed by atoms with E-state index in [4.69, 9.17) is 24.7 Å². The zero-order chi connectivity index (χ0) is 21.3. The molecule has 0 fully saturated rings. The number of benzene rings is 2. The highest BCUT2D eigenvalue weighted by Gasteiger charge is 2.37. The molecular weight excluding hydrogens is 384 g/mol. The Bertz CT molecular complexity index is 1180. The van der Waals surface area contributed by atoms with Crippen LogP contribution in [0.1, 0.15) is 17.0 Å². The molecule has 0 saturated heterocycles. The van der Waals surface area contributed by atoms with E-state index in [0.29, 0.717) is 39.9 Å². The molecule has 0 saturated carbocycles. The summed E-state index contributed by atoms with van der Waals surface area (Å²) in [5.74, 6) is 1.65. The van der Waals surface area contributed by atoms with Crippen molar-refractivity contribution in [2.75, 3.05) is 21.3 Å². The van der Waals surface area contributed by atoms with Crippen LogP contribution in [0.3, 0.4) is 0 Å². The largest absolute Gasteiger partial charge is 0.497 e. The third-order valence-electron chi connectivity index (χ3n) is 5.05. The Morgan fingerprint density at radius 2 is 1.83 bits per heavy atom. The van der Waals surface area contributed by atoms with E-state index in [1.54, 1.807) is 33.5 Å². The lowest BCUT2D eigenvalue weighted by atomic mass is 9.82. The van der Waals surface area contributed by atoms with Gasteiger partial charge in [-0.1, -0.05) is 12.1 Å². The lowest BCUT2D eigenvalue weighted by molar-refractivity contribution is 0.373. The minimum absolute atomic E-state index is 0.00330. The number of aromatic amines is 1. The van der Waals surface area contributed by atoms with Gasteiger partial charge in [-0.15, -0.1) is 5.10 Å². The first kappa shape index (κ1) is 19.2. The molecule has 2 aromatic carbocycles. The summed E-state index contributed by atoms with van der Waals surface area (Å²) in [5, 5.41) is 17.2. The lowest BCUT2D eigenvalue weighted by Gasteiger charge is -2.25. The first-order valence-electron chi connectivity index (χ1n) is 9.13. The highest BCUT2D eigenvalue weighted by atomic mass is 16.5. The predicted molar refractivity (Wildman–Crippen MR) is 109 cm³/mol. The number of rotatable bonds is 5. The van der Waals surface area contributed by atoms with Crippen molar-refractivity contribution in [3.63, 3.8) is 0 Å².